The molecule has 0 aromatic carbocycles. The van der Waals surface area contributed by atoms with Crippen molar-refractivity contribution in [3.63, 3.8) is 0 Å². The topological polar surface area (TPSA) is 101 Å². The molecule has 3 rings (SSSR count). The average molecular weight is 457 g/mol. The first-order valence-electron chi connectivity index (χ1n) is 10.6. The molecule has 7 nitrogen and oxygen atoms in total. The van der Waals surface area contributed by atoms with Gasteiger partial charge in [-0.15, -0.1) is 11.3 Å². The Hall–Kier alpha value is -1.84. The molecule has 30 heavy (non-hydrogen) atoms. The summed E-state index contributed by atoms with van der Waals surface area (Å²) in [5.74, 6) is -0.203. The van der Waals surface area contributed by atoms with Crippen molar-refractivity contribution in [2.24, 2.45) is 0 Å². The summed E-state index contributed by atoms with van der Waals surface area (Å²) < 4.78 is 23.4. The van der Waals surface area contributed by atoms with Crippen molar-refractivity contribution in [3.05, 3.63) is 39.6 Å². The van der Waals surface area contributed by atoms with Crippen molar-refractivity contribution in [2.75, 3.05) is 5.75 Å². The van der Waals surface area contributed by atoms with Crippen LogP contribution in [0.25, 0.3) is 0 Å². The Bertz CT molecular complexity index is 826. The SMILES string of the molecule is CC.CC.CCC.CCS(=O)(=O)c1ccc(CNC(=O)c2nc3c(s2)CNC3)nc1. The maximum absolute atomic E-state index is 12.1. The van der Waals surface area contributed by atoms with Crippen LogP contribution >= 0.6 is 11.3 Å². The first-order valence-corrected chi connectivity index (χ1v) is 13.0. The molecule has 3 heterocycles. The van der Waals surface area contributed by atoms with Crippen molar-refractivity contribution >= 4 is 27.1 Å². The van der Waals surface area contributed by atoms with E-state index in [4.69, 9.17) is 0 Å². The van der Waals surface area contributed by atoms with Crippen LogP contribution in [0.3, 0.4) is 0 Å². The van der Waals surface area contributed by atoms with Gasteiger partial charge in [0.05, 0.1) is 28.6 Å². The normalized spacial score (nSPS) is 11.6. The van der Waals surface area contributed by atoms with Gasteiger partial charge in [0.2, 0.25) is 0 Å². The van der Waals surface area contributed by atoms with E-state index >= 15 is 0 Å². The number of pyridine rings is 1. The second-order valence-corrected chi connectivity index (χ2v) is 9.13. The number of thiazole rings is 1. The van der Waals surface area contributed by atoms with Crippen LogP contribution in [0.5, 0.6) is 0 Å². The lowest BCUT2D eigenvalue weighted by atomic mass is 10.3. The maximum atomic E-state index is 12.1. The third-order valence-electron chi connectivity index (χ3n) is 3.52. The Morgan fingerprint density at radius 3 is 2.27 bits per heavy atom. The molecule has 0 unspecified atom stereocenters. The summed E-state index contributed by atoms with van der Waals surface area (Å²) in [6.45, 7) is 15.5. The number of carbonyl (C=O) groups excluding carboxylic acids is 1. The Labute approximate surface area is 185 Å². The van der Waals surface area contributed by atoms with E-state index in [-0.39, 0.29) is 23.1 Å². The molecule has 1 amide bonds. The van der Waals surface area contributed by atoms with Crippen molar-refractivity contribution in [1.29, 1.82) is 0 Å². The molecular formula is C21H36N4O3S2. The molecule has 9 heteroatoms. The van der Waals surface area contributed by atoms with E-state index in [1.165, 1.54) is 30.0 Å². The van der Waals surface area contributed by atoms with Crippen molar-refractivity contribution in [2.45, 2.75) is 79.4 Å². The average Bonchev–Trinajstić information content (AvgIpc) is 3.38. The minimum absolute atomic E-state index is 0.0360. The van der Waals surface area contributed by atoms with Gasteiger partial charge in [-0.1, -0.05) is 54.9 Å². The van der Waals surface area contributed by atoms with Gasteiger partial charge in [-0.25, -0.2) is 13.4 Å². The highest BCUT2D eigenvalue weighted by Gasteiger charge is 2.20. The minimum Gasteiger partial charge on any atom is -0.344 e. The van der Waals surface area contributed by atoms with Gasteiger partial charge in [-0.05, 0) is 12.1 Å². The monoisotopic (exact) mass is 456 g/mol. The number of hydrogen-bond acceptors (Lipinski definition) is 7. The largest absolute Gasteiger partial charge is 0.344 e. The van der Waals surface area contributed by atoms with E-state index in [2.05, 4.69) is 34.4 Å². The highest BCUT2D eigenvalue weighted by molar-refractivity contribution is 7.91. The number of nitrogens with zero attached hydrogens (tertiary/aromatic N) is 2. The Kier molecular flexibility index (Phi) is 14.1. The van der Waals surface area contributed by atoms with Crippen molar-refractivity contribution in [1.82, 2.24) is 20.6 Å². The number of sulfone groups is 1. The van der Waals surface area contributed by atoms with Crippen LogP contribution in [0, 0.1) is 0 Å². The van der Waals surface area contributed by atoms with Crippen LogP contribution in [-0.4, -0.2) is 30.0 Å². The molecule has 0 aliphatic carbocycles. The third-order valence-corrected chi connectivity index (χ3v) is 6.33. The Morgan fingerprint density at radius 1 is 1.13 bits per heavy atom. The van der Waals surface area contributed by atoms with E-state index in [0.717, 1.165) is 17.1 Å². The van der Waals surface area contributed by atoms with E-state index in [0.29, 0.717) is 17.2 Å². The molecular weight excluding hydrogens is 420 g/mol. The van der Waals surface area contributed by atoms with Crippen LogP contribution < -0.4 is 10.6 Å². The van der Waals surface area contributed by atoms with Crippen LogP contribution in [0.4, 0.5) is 0 Å². The van der Waals surface area contributed by atoms with Crippen LogP contribution in [0.1, 0.15) is 81.0 Å². The number of hydrogen-bond donors (Lipinski definition) is 2. The van der Waals surface area contributed by atoms with E-state index in [1.54, 1.807) is 13.0 Å². The minimum atomic E-state index is -3.25. The third kappa shape index (κ3) is 8.49. The van der Waals surface area contributed by atoms with Crippen LogP contribution in [-0.2, 0) is 29.5 Å². The summed E-state index contributed by atoms with van der Waals surface area (Å²) in [5, 5.41) is 6.37. The summed E-state index contributed by atoms with van der Waals surface area (Å²) in [5.41, 5.74) is 1.53. The first-order chi connectivity index (χ1) is 14.4. The lowest BCUT2D eigenvalue weighted by molar-refractivity contribution is 0.0950. The molecule has 0 radical (unpaired) electrons. The standard InChI is InChI=1S/C14H16N4O3S2.C3H8.2C2H6/c1-2-23(20,21)10-4-3-9(16-6-10)5-17-13(19)14-18-11-7-15-8-12(11)22-14;1-3-2;2*1-2/h3-4,6,15H,2,5,7-8H2,1H3,(H,17,19);3H2,1-2H3;2*1-2H3. The Balaban J connectivity index is 0.00000108. The smallest absolute Gasteiger partial charge is 0.280 e. The van der Waals surface area contributed by atoms with Crippen LogP contribution in [0.15, 0.2) is 23.2 Å². The highest BCUT2D eigenvalue weighted by Crippen LogP contribution is 2.22. The highest BCUT2D eigenvalue weighted by atomic mass is 32.2. The zero-order valence-corrected chi connectivity index (χ0v) is 20.8. The van der Waals surface area contributed by atoms with Gasteiger partial charge in [0.15, 0.2) is 14.8 Å². The number of aromatic nitrogens is 2. The van der Waals surface area contributed by atoms with Crippen molar-refractivity contribution in [3.8, 4) is 0 Å². The lowest BCUT2D eigenvalue weighted by Gasteiger charge is -2.05. The second-order valence-electron chi connectivity index (χ2n) is 5.77. The molecule has 2 aromatic heterocycles. The molecule has 0 atom stereocenters. The predicted octanol–water partition coefficient (Wildman–Crippen LogP) is 4.33. The molecule has 2 N–H and O–H groups in total. The van der Waals surface area contributed by atoms with Gasteiger partial charge >= 0.3 is 0 Å². The molecule has 170 valence electrons. The molecule has 1 aliphatic heterocycles. The van der Waals surface area contributed by atoms with Gasteiger partial charge in [0, 0.05) is 24.2 Å². The van der Waals surface area contributed by atoms with Gasteiger partial charge < -0.3 is 10.6 Å². The zero-order chi connectivity index (χ0) is 23.2. The quantitative estimate of drug-likeness (QED) is 0.694. The van der Waals surface area contributed by atoms with E-state index in [1.807, 2.05) is 27.7 Å². The summed E-state index contributed by atoms with van der Waals surface area (Å²) in [4.78, 5) is 21.8. The fourth-order valence-electron chi connectivity index (χ4n) is 2.16. The second kappa shape index (κ2) is 15.0. The maximum Gasteiger partial charge on any atom is 0.280 e. The number of fused-ring (bicyclic) bond motifs is 1. The van der Waals surface area contributed by atoms with Gasteiger partial charge in [-0.3, -0.25) is 9.78 Å². The Morgan fingerprint density at radius 2 is 1.77 bits per heavy atom. The zero-order valence-electron chi connectivity index (χ0n) is 19.2. The number of rotatable bonds is 5. The molecule has 0 saturated carbocycles. The van der Waals surface area contributed by atoms with Gasteiger partial charge in [0.25, 0.3) is 5.91 Å². The summed E-state index contributed by atoms with van der Waals surface area (Å²) in [7, 11) is -3.25. The fourth-order valence-corrected chi connectivity index (χ4v) is 3.95. The molecule has 0 bridgehead atoms. The van der Waals surface area contributed by atoms with Gasteiger partial charge in [0.1, 0.15) is 0 Å². The predicted molar refractivity (Wildman–Crippen MR) is 124 cm³/mol. The van der Waals surface area contributed by atoms with Crippen molar-refractivity contribution < 1.29 is 13.2 Å². The lowest BCUT2D eigenvalue weighted by Crippen LogP contribution is -2.23. The number of carbonyl (C=O) groups is 1. The molecule has 2 aromatic rings. The summed E-state index contributed by atoms with van der Waals surface area (Å²) in [6.07, 6.45) is 2.57. The van der Waals surface area contributed by atoms with E-state index in [9.17, 15) is 13.2 Å². The first kappa shape index (κ1) is 28.2. The number of nitrogens with one attached hydrogen (secondary N) is 2. The molecule has 0 fully saturated rings. The molecule has 1 aliphatic rings. The fraction of sp³-hybridized carbons (Fsp3) is 0.571. The van der Waals surface area contributed by atoms with Gasteiger partial charge in [-0.2, -0.15) is 0 Å². The number of amides is 1. The summed E-state index contributed by atoms with van der Waals surface area (Å²) >= 11 is 1.39. The summed E-state index contributed by atoms with van der Waals surface area (Å²) in [6, 6.07) is 3.12. The van der Waals surface area contributed by atoms with E-state index < -0.39 is 9.84 Å². The molecule has 0 spiro atoms. The van der Waals surface area contributed by atoms with Crippen LogP contribution in [0.2, 0.25) is 0 Å². The molecule has 0 saturated heterocycles.